The fraction of sp³-hybridized carbons (Fsp3) is 0.500. The lowest BCUT2D eigenvalue weighted by atomic mass is 10.1. The minimum atomic E-state index is -4.77. The van der Waals surface area contributed by atoms with E-state index in [0.717, 1.165) is 6.07 Å². The molecule has 1 N–H and O–H groups in total. The number of rotatable bonds is 2. The van der Waals surface area contributed by atoms with Gasteiger partial charge in [-0.05, 0) is 32.0 Å². The van der Waals surface area contributed by atoms with Crippen LogP contribution in [0.1, 0.15) is 24.2 Å². The van der Waals surface area contributed by atoms with Crippen molar-refractivity contribution in [3.05, 3.63) is 29.8 Å². The van der Waals surface area contributed by atoms with Gasteiger partial charge in [-0.3, -0.25) is 4.79 Å². The number of carbonyl (C=O) groups excluding carboxylic acids is 1. The van der Waals surface area contributed by atoms with Gasteiger partial charge in [-0.15, -0.1) is 13.2 Å². The van der Waals surface area contributed by atoms with Gasteiger partial charge in [0.2, 0.25) is 0 Å². The molecule has 7 heteroatoms. The molecule has 1 aromatic rings. The number of carbonyl (C=O) groups is 1. The lowest BCUT2D eigenvalue weighted by molar-refractivity contribution is -0.274. The Morgan fingerprint density at radius 3 is 2.76 bits per heavy atom. The molecule has 1 amide bonds. The van der Waals surface area contributed by atoms with E-state index in [-0.39, 0.29) is 29.3 Å². The normalized spacial score (nSPS) is 23.0. The molecule has 2 atom stereocenters. The summed E-state index contributed by atoms with van der Waals surface area (Å²) in [5, 5.41) is 3.24. The second-order valence-electron chi connectivity index (χ2n) is 5.19. The highest BCUT2D eigenvalue weighted by atomic mass is 19.4. The lowest BCUT2D eigenvalue weighted by Gasteiger charge is -2.37. The molecule has 21 heavy (non-hydrogen) atoms. The number of benzene rings is 1. The molecule has 0 aliphatic carbocycles. The van der Waals surface area contributed by atoms with Crippen molar-refractivity contribution >= 4 is 5.91 Å². The molecule has 1 aliphatic rings. The molecule has 0 aromatic heterocycles. The number of alkyl halides is 3. The third-order valence-corrected chi connectivity index (χ3v) is 3.34. The van der Waals surface area contributed by atoms with Crippen molar-refractivity contribution in [3.8, 4) is 5.75 Å². The summed E-state index contributed by atoms with van der Waals surface area (Å²) in [5.74, 6) is -0.673. The highest BCUT2D eigenvalue weighted by Crippen LogP contribution is 2.24. The van der Waals surface area contributed by atoms with Crippen molar-refractivity contribution < 1.29 is 22.7 Å². The minimum absolute atomic E-state index is 0.0131. The third-order valence-electron chi connectivity index (χ3n) is 3.34. The standard InChI is InChI=1S/C14H17F3N2O2/c1-9-8-19(10(2)7-18-9)13(20)11-4-3-5-12(6-11)21-14(15,16)17/h3-6,9-10,18H,7-8H2,1-2H3. The molecule has 0 spiro atoms. The maximum absolute atomic E-state index is 12.4. The number of nitrogens with zero attached hydrogens (tertiary/aromatic N) is 1. The van der Waals surface area contributed by atoms with E-state index in [1.807, 2.05) is 13.8 Å². The molecule has 1 aliphatic heterocycles. The number of hydrogen-bond donors (Lipinski definition) is 1. The van der Waals surface area contributed by atoms with Crippen LogP contribution in [0.4, 0.5) is 13.2 Å². The van der Waals surface area contributed by atoms with Crippen molar-refractivity contribution in [3.63, 3.8) is 0 Å². The van der Waals surface area contributed by atoms with Gasteiger partial charge in [0.25, 0.3) is 5.91 Å². The summed E-state index contributed by atoms with van der Waals surface area (Å²) >= 11 is 0. The predicted molar refractivity (Wildman–Crippen MR) is 71.1 cm³/mol. The van der Waals surface area contributed by atoms with E-state index in [0.29, 0.717) is 13.1 Å². The molecule has 1 fully saturated rings. The van der Waals surface area contributed by atoms with Crippen molar-refractivity contribution in [2.75, 3.05) is 13.1 Å². The Bertz CT molecular complexity index is 519. The van der Waals surface area contributed by atoms with Crippen LogP contribution in [0.3, 0.4) is 0 Å². The Morgan fingerprint density at radius 1 is 1.38 bits per heavy atom. The van der Waals surface area contributed by atoms with Crippen LogP contribution in [-0.2, 0) is 0 Å². The molecule has 0 bridgehead atoms. The Labute approximate surface area is 120 Å². The fourth-order valence-corrected chi connectivity index (χ4v) is 2.30. The largest absolute Gasteiger partial charge is 0.573 e. The molecule has 2 rings (SSSR count). The zero-order valence-corrected chi connectivity index (χ0v) is 11.8. The molecule has 1 saturated heterocycles. The second-order valence-corrected chi connectivity index (χ2v) is 5.19. The average molecular weight is 302 g/mol. The molecular formula is C14H17F3N2O2. The summed E-state index contributed by atoms with van der Waals surface area (Å²) in [5.41, 5.74) is 0.192. The molecule has 0 saturated carbocycles. The van der Waals surface area contributed by atoms with E-state index < -0.39 is 6.36 Å². The van der Waals surface area contributed by atoms with E-state index in [1.54, 1.807) is 4.90 Å². The zero-order valence-electron chi connectivity index (χ0n) is 11.8. The van der Waals surface area contributed by atoms with Crippen LogP contribution in [-0.4, -0.2) is 42.3 Å². The van der Waals surface area contributed by atoms with E-state index in [4.69, 9.17) is 0 Å². The van der Waals surface area contributed by atoms with E-state index in [9.17, 15) is 18.0 Å². The summed E-state index contributed by atoms with van der Waals surface area (Å²) in [6.07, 6.45) is -4.77. The van der Waals surface area contributed by atoms with Crippen molar-refractivity contribution in [2.24, 2.45) is 0 Å². The van der Waals surface area contributed by atoms with Gasteiger partial charge >= 0.3 is 6.36 Å². The summed E-state index contributed by atoms with van der Waals surface area (Å²) < 4.78 is 40.5. The Hall–Kier alpha value is -1.76. The summed E-state index contributed by atoms with van der Waals surface area (Å²) in [4.78, 5) is 14.1. The zero-order chi connectivity index (χ0) is 15.6. The van der Waals surface area contributed by atoms with Gasteiger partial charge in [0.15, 0.2) is 0 Å². The highest BCUT2D eigenvalue weighted by Gasteiger charge is 2.32. The van der Waals surface area contributed by atoms with Crippen molar-refractivity contribution in [1.29, 1.82) is 0 Å². The maximum atomic E-state index is 12.4. The van der Waals surface area contributed by atoms with E-state index >= 15 is 0 Å². The van der Waals surface area contributed by atoms with Crippen LogP contribution >= 0.6 is 0 Å². The molecule has 1 heterocycles. The predicted octanol–water partition coefficient (Wildman–Crippen LogP) is 2.41. The number of amides is 1. The third kappa shape index (κ3) is 4.10. The number of nitrogens with one attached hydrogen (secondary N) is 1. The second kappa shape index (κ2) is 5.93. The molecule has 2 unspecified atom stereocenters. The Morgan fingerprint density at radius 2 is 2.10 bits per heavy atom. The SMILES string of the molecule is CC1CN(C(=O)c2cccc(OC(F)(F)F)c2)C(C)CN1. The molecule has 4 nitrogen and oxygen atoms in total. The van der Waals surface area contributed by atoms with Gasteiger partial charge in [0, 0.05) is 30.7 Å². The fourth-order valence-electron chi connectivity index (χ4n) is 2.30. The first-order valence-electron chi connectivity index (χ1n) is 6.66. The van der Waals surface area contributed by atoms with Gasteiger partial charge in [-0.25, -0.2) is 0 Å². The van der Waals surface area contributed by atoms with Crippen LogP contribution in [0.25, 0.3) is 0 Å². The lowest BCUT2D eigenvalue weighted by Crippen LogP contribution is -2.56. The monoisotopic (exact) mass is 302 g/mol. The van der Waals surface area contributed by atoms with Gasteiger partial charge < -0.3 is 15.0 Å². The smallest absolute Gasteiger partial charge is 0.406 e. The van der Waals surface area contributed by atoms with E-state index in [2.05, 4.69) is 10.1 Å². The first-order valence-corrected chi connectivity index (χ1v) is 6.66. The topological polar surface area (TPSA) is 41.6 Å². The van der Waals surface area contributed by atoms with Crippen molar-refractivity contribution in [1.82, 2.24) is 10.2 Å². The van der Waals surface area contributed by atoms with Crippen LogP contribution < -0.4 is 10.1 Å². The van der Waals surface area contributed by atoms with E-state index in [1.165, 1.54) is 18.2 Å². The van der Waals surface area contributed by atoms with Gasteiger partial charge in [0.1, 0.15) is 5.75 Å². The van der Waals surface area contributed by atoms with Crippen LogP contribution in [0.5, 0.6) is 5.75 Å². The van der Waals surface area contributed by atoms with Crippen LogP contribution in [0.2, 0.25) is 0 Å². The molecule has 1 aromatic carbocycles. The Balaban J connectivity index is 2.17. The summed E-state index contributed by atoms with van der Waals surface area (Å²) in [7, 11) is 0. The molecular weight excluding hydrogens is 285 g/mol. The van der Waals surface area contributed by atoms with Gasteiger partial charge in [-0.1, -0.05) is 6.07 Å². The maximum Gasteiger partial charge on any atom is 0.573 e. The molecule has 0 radical (unpaired) electrons. The number of hydrogen-bond acceptors (Lipinski definition) is 3. The van der Waals surface area contributed by atoms with Crippen molar-refractivity contribution in [2.45, 2.75) is 32.3 Å². The number of piperazine rings is 1. The van der Waals surface area contributed by atoms with Gasteiger partial charge in [-0.2, -0.15) is 0 Å². The highest BCUT2D eigenvalue weighted by molar-refractivity contribution is 5.95. The van der Waals surface area contributed by atoms with Gasteiger partial charge in [0.05, 0.1) is 0 Å². The Kier molecular flexibility index (Phi) is 4.41. The average Bonchev–Trinajstić information content (AvgIpc) is 2.39. The van der Waals surface area contributed by atoms with Crippen LogP contribution in [0, 0.1) is 0 Å². The number of halogens is 3. The quantitative estimate of drug-likeness (QED) is 0.912. The first-order chi connectivity index (χ1) is 9.76. The summed E-state index contributed by atoms with van der Waals surface area (Å²) in [6.45, 7) is 5.03. The minimum Gasteiger partial charge on any atom is -0.406 e. The first kappa shape index (κ1) is 15.6. The molecule has 116 valence electrons. The van der Waals surface area contributed by atoms with Crippen LogP contribution in [0.15, 0.2) is 24.3 Å². The summed E-state index contributed by atoms with van der Waals surface area (Å²) in [6, 6.07) is 5.31. The number of ether oxygens (including phenoxy) is 1.